The highest BCUT2D eigenvalue weighted by atomic mass is 35.5. The number of aliphatic hydroxyl groups excluding tert-OH is 1. The molecule has 1 aromatic heterocycles. The third-order valence-corrected chi connectivity index (χ3v) is 3.46. The molecule has 0 spiro atoms. The van der Waals surface area contributed by atoms with E-state index in [0.717, 1.165) is 0 Å². The number of nitrogens with zero attached hydrogens (tertiary/aromatic N) is 2. The first-order valence-corrected chi connectivity index (χ1v) is 6.25. The number of hydrogen-bond donors (Lipinski definition) is 1. The molecule has 0 saturated heterocycles. The van der Waals surface area contributed by atoms with Crippen LogP contribution in [0.3, 0.4) is 0 Å². The highest BCUT2D eigenvalue weighted by Crippen LogP contribution is 2.35. The van der Waals surface area contributed by atoms with Gasteiger partial charge in [0.1, 0.15) is 0 Å². The van der Waals surface area contributed by atoms with Crippen LogP contribution in [0.5, 0.6) is 11.8 Å². The average molecular weight is 303 g/mol. The van der Waals surface area contributed by atoms with Crippen LogP contribution in [0.1, 0.15) is 5.56 Å². The zero-order chi connectivity index (χ0) is 14.0. The maximum atomic E-state index is 9.12. The van der Waals surface area contributed by atoms with E-state index >= 15 is 0 Å². The molecular formula is C12H12Cl2N2O3. The molecule has 0 aliphatic heterocycles. The summed E-state index contributed by atoms with van der Waals surface area (Å²) < 4.78 is 10.2. The first kappa shape index (κ1) is 14.1. The number of benzene rings is 1. The highest BCUT2D eigenvalue weighted by molar-refractivity contribution is 6.43. The summed E-state index contributed by atoms with van der Waals surface area (Å²) >= 11 is 12.2. The normalized spacial score (nSPS) is 10.8. The fourth-order valence-electron chi connectivity index (χ4n) is 1.78. The Labute approximate surface area is 120 Å². The molecule has 0 amide bonds. The van der Waals surface area contributed by atoms with Crippen molar-refractivity contribution in [3.05, 3.63) is 21.7 Å². The molecule has 0 unspecified atom stereocenters. The molecule has 0 aliphatic rings. The molecule has 0 radical (unpaired) electrons. The van der Waals surface area contributed by atoms with Crippen molar-refractivity contribution in [2.75, 3.05) is 20.8 Å². The minimum atomic E-state index is -0.0643. The first-order chi connectivity index (χ1) is 9.12. The van der Waals surface area contributed by atoms with Gasteiger partial charge in [-0.1, -0.05) is 23.2 Å². The number of halogens is 2. The number of fused-ring (bicyclic) bond motifs is 1. The number of rotatable bonds is 4. The molecule has 2 rings (SSSR count). The molecule has 1 heterocycles. The Balaban J connectivity index is 2.79. The molecule has 0 aliphatic carbocycles. The predicted molar refractivity (Wildman–Crippen MR) is 73.5 cm³/mol. The minimum Gasteiger partial charge on any atom is -0.477 e. The average Bonchev–Trinajstić information content (AvgIpc) is 2.42. The second-order valence-corrected chi connectivity index (χ2v) is 4.52. The monoisotopic (exact) mass is 302 g/mol. The van der Waals surface area contributed by atoms with Crippen LogP contribution in [0.4, 0.5) is 0 Å². The van der Waals surface area contributed by atoms with Crippen LogP contribution >= 0.6 is 23.2 Å². The van der Waals surface area contributed by atoms with Crippen LogP contribution in [-0.4, -0.2) is 35.9 Å². The van der Waals surface area contributed by atoms with E-state index in [4.69, 9.17) is 37.8 Å². The standard InChI is InChI=1S/C12H12Cl2N2O3/c1-18-11-12(19-2)16-10-6(3-4-17)9(14)7(13)5-8(10)15-11/h5,17H,3-4H2,1-2H3. The Hall–Kier alpha value is -1.30. The number of methoxy groups -OCH3 is 2. The topological polar surface area (TPSA) is 64.5 Å². The van der Waals surface area contributed by atoms with Gasteiger partial charge in [-0.15, -0.1) is 0 Å². The van der Waals surface area contributed by atoms with Crippen molar-refractivity contribution in [3.8, 4) is 11.8 Å². The maximum Gasteiger partial charge on any atom is 0.278 e. The molecule has 1 N–H and O–H groups in total. The Kier molecular flexibility index (Phi) is 4.29. The van der Waals surface area contributed by atoms with Gasteiger partial charge in [0, 0.05) is 12.2 Å². The SMILES string of the molecule is COc1nc2cc(Cl)c(Cl)c(CCO)c2nc1OC. The molecule has 19 heavy (non-hydrogen) atoms. The van der Waals surface area contributed by atoms with E-state index in [2.05, 4.69) is 9.97 Å². The minimum absolute atomic E-state index is 0.0643. The van der Waals surface area contributed by atoms with E-state index in [1.54, 1.807) is 6.07 Å². The van der Waals surface area contributed by atoms with E-state index < -0.39 is 0 Å². The van der Waals surface area contributed by atoms with Crippen molar-refractivity contribution < 1.29 is 14.6 Å². The summed E-state index contributed by atoms with van der Waals surface area (Å²) in [5, 5.41) is 9.84. The van der Waals surface area contributed by atoms with Gasteiger partial charge in [-0.05, 0) is 12.5 Å². The molecule has 7 heteroatoms. The molecule has 5 nitrogen and oxygen atoms in total. The summed E-state index contributed by atoms with van der Waals surface area (Å²) in [4.78, 5) is 8.60. The quantitative estimate of drug-likeness (QED) is 0.940. The van der Waals surface area contributed by atoms with E-state index in [0.29, 0.717) is 33.1 Å². The van der Waals surface area contributed by atoms with Gasteiger partial charge in [-0.2, -0.15) is 0 Å². The van der Waals surface area contributed by atoms with Crippen LogP contribution in [0.25, 0.3) is 11.0 Å². The molecule has 0 bridgehead atoms. The molecule has 0 fully saturated rings. The van der Waals surface area contributed by atoms with E-state index in [1.165, 1.54) is 14.2 Å². The van der Waals surface area contributed by atoms with Gasteiger partial charge in [0.15, 0.2) is 0 Å². The smallest absolute Gasteiger partial charge is 0.278 e. The van der Waals surface area contributed by atoms with Crippen molar-refractivity contribution in [1.82, 2.24) is 9.97 Å². The molecule has 102 valence electrons. The zero-order valence-electron chi connectivity index (χ0n) is 10.4. The lowest BCUT2D eigenvalue weighted by Gasteiger charge is -2.11. The van der Waals surface area contributed by atoms with Crippen molar-refractivity contribution in [3.63, 3.8) is 0 Å². The molecule has 1 aromatic carbocycles. The molecule has 0 atom stereocenters. The highest BCUT2D eigenvalue weighted by Gasteiger charge is 2.17. The largest absolute Gasteiger partial charge is 0.477 e. The number of aliphatic hydroxyl groups is 1. The van der Waals surface area contributed by atoms with Gasteiger partial charge in [-0.25, -0.2) is 9.97 Å². The van der Waals surface area contributed by atoms with Crippen LogP contribution in [0.15, 0.2) is 6.07 Å². The Bertz CT molecular complexity index is 620. The Morgan fingerprint density at radius 2 is 1.79 bits per heavy atom. The Morgan fingerprint density at radius 1 is 1.16 bits per heavy atom. The lowest BCUT2D eigenvalue weighted by atomic mass is 10.1. The summed E-state index contributed by atoms with van der Waals surface area (Å²) in [6.07, 6.45) is 0.333. The first-order valence-electron chi connectivity index (χ1n) is 5.49. The van der Waals surface area contributed by atoms with E-state index in [9.17, 15) is 0 Å². The summed E-state index contributed by atoms with van der Waals surface area (Å²) in [5.74, 6) is 0.524. The van der Waals surface area contributed by atoms with Crippen LogP contribution < -0.4 is 9.47 Å². The van der Waals surface area contributed by atoms with E-state index in [1.807, 2.05) is 0 Å². The summed E-state index contributed by atoms with van der Waals surface area (Å²) in [5.41, 5.74) is 1.72. The third kappa shape index (κ3) is 2.54. The van der Waals surface area contributed by atoms with Gasteiger partial charge in [0.05, 0.1) is 35.3 Å². The summed E-state index contributed by atoms with van der Waals surface area (Å²) in [6, 6.07) is 1.61. The Morgan fingerprint density at radius 3 is 2.37 bits per heavy atom. The van der Waals surface area contributed by atoms with Gasteiger partial charge in [0.25, 0.3) is 11.8 Å². The van der Waals surface area contributed by atoms with Gasteiger partial charge >= 0.3 is 0 Å². The van der Waals surface area contributed by atoms with Crippen molar-refractivity contribution in [1.29, 1.82) is 0 Å². The second-order valence-electron chi connectivity index (χ2n) is 3.73. The second kappa shape index (κ2) is 5.77. The van der Waals surface area contributed by atoms with Crippen LogP contribution in [0, 0.1) is 0 Å². The van der Waals surface area contributed by atoms with Gasteiger partial charge < -0.3 is 14.6 Å². The fourth-order valence-corrected chi connectivity index (χ4v) is 2.23. The lowest BCUT2D eigenvalue weighted by molar-refractivity contribution is 0.300. The van der Waals surface area contributed by atoms with Gasteiger partial charge in [-0.3, -0.25) is 0 Å². The summed E-state index contributed by atoms with van der Waals surface area (Å²) in [6.45, 7) is -0.0643. The maximum absolute atomic E-state index is 9.12. The van der Waals surface area contributed by atoms with Crippen molar-refractivity contribution in [2.24, 2.45) is 0 Å². The number of hydrogen-bond acceptors (Lipinski definition) is 5. The fraction of sp³-hybridized carbons (Fsp3) is 0.333. The van der Waals surface area contributed by atoms with Gasteiger partial charge in [0.2, 0.25) is 0 Å². The summed E-state index contributed by atoms with van der Waals surface area (Å²) in [7, 11) is 2.95. The number of aromatic nitrogens is 2. The third-order valence-electron chi connectivity index (χ3n) is 2.63. The van der Waals surface area contributed by atoms with Crippen molar-refractivity contribution in [2.45, 2.75) is 6.42 Å². The lowest BCUT2D eigenvalue weighted by Crippen LogP contribution is -2.01. The van der Waals surface area contributed by atoms with E-state index in [-0.39, 0.29) is 18.4 Å². The van der Waals surface area contributed by atoms with Crippen molar-refractivity contribution >= 4 is 34.2 Å². The molecule has 2 aromatic rings. The zero-order valence-corrected chi connectivity index (χ0v) is 11.9. The molecular weight excluding hydrogens is 291 g/mol. The molecule has 0 saturated carbocycles. The predicted octanol–water partition coefficient (Wildman–Crippen LogP) is 2.49. The van der Waals surface area contributed by atoms with Crippen LogP contribution in [-0.2, 0) is 6.42 Å². The number of ether oxygens (including phenoxy) is 2. The van der Waals surface area contributed by atoms with Crippen LogP contribution in [0.2, 0.25) is 10.0 Å².